The Morgan fingerprint density at radius 1 is 1.08 bits per heavy atom. The quantitative estimate of drug-likeness (QED) is 0.509. The highest BCUT2D eigenvalue weighted by molar-refractivity contribution is 7.98. The second-order valence-electron chi connectivity index (χ2n) is 5.21. The van der Waals surface area contributed by atoms with Crippen LogP contribution in [0.4, 0.5) is 0 Å². The van der Waals surface area contributed by atoms with Crippen molar-refractivity contribution in [3.8, 4) is 0 Å². The number of carbonyl (C=O) groups excluding carboxylic acids is 1. The monoisotopic (exact) mass is 339 g/mol. The summed E-state index contributed by atoms with van der Waals surface area (Å²) in [6.07, 6.45) is 5.18. The van der Waals surface area contributed by atoms with Gasteiger partial charge in [0, 0.05) is 4.90 Å². The normalized spacial score (nSPS) is 10.5. The minimum Gasteiger partial charge on any atom is -0.457 e. The van der Waals surface area contributed by atoms with Crippen LogP contribution in [0.3, 0.4) is 0 Å². The first-order valence-corrected chi connectivity index (χ1v) is 8.68. The number of hydrogen-bond donors (Lipinski definition) is 0. The van der Waals surface area contributed by atoms with Crippen LogP contribution < -0.4 is 0 Å². The SMILES string of the molecule is CSc1ccc(COC(=O)c2ccc(Cn3cncn3)cc2)cc1. The molecule has 1 aromatic heterocycles. The summed E-state index contributed by atoms with van der Waals surface area (Å²) in [6.45, 7) is 0.894. The Hall–Kier alpha value is -2.60. The number of thioether (sulfide) groups is 1. The lowest BCUT2D eigenvalue weighted by Gasteiger charge is -2.07. The maximum Gasteiger partial charge on any atom is 0.338 e. The van der Waals surface area contributed by atoms with Crippen molar-refractivity contribution < 1.29 is 9.53 Å². The van der Waals surface area contributed by atoms with Gasteiger partial charge >= 0.3 is 5.97 Å². The summed E-state index contributed by atoms with van der Waals surface area (Å²) >= 11 is 1.68. The molecule has 0 aliphatic carbocycles. The van der Waals surface area contributed by atoms with Gasteiger partial charge in [-0.25, -0.2) is 14.5 Å². The van der Waals surface area contributed by atoms with Crippen LogP contribution in [0.2, 0.25) is 0 Å². The maximum atomic E-state index is 12.1. The van der Waals surface area contributed by atoms with E-state index in [9.17, 15) is 4.79 Å². The maximum absolute atomic E-state index is 12.1. The molecule has 0 amide bonds. The topological polar surface area (TPSA) is 57.0 Å². The third-order valence-corrected chi connectivity index (χ3v) is 4.27. The van der Waals surface area contributed by atoms with Crippen LogP contribution in [0, 0.1) is 0 Å². The Morgan fingerprint density at radius 2 is 1.79 bits per heavy atom. The summed E-state index contributed by atoms with van der Waals surface area (Å²) in [7, 11) is 0. The molecule has 0 fully saturated rings. The van der Waals surface area contributed by atoms with Crippen molar-refractivity contribution in [1.82, 2.24) is 14.8 Å². The molecule has 0 radical (unpaired) electrons. The van der Waals surface area contributed by atoms with Crippen LogP contribution in [-0.4, -0.2) is 27.0 Å². The molecule has 24 heavy (non-hydrogen) atoms. The third-order valence-electron chi connectivity index (χ3n) is 3.53. The Morgan fingerprint density at radius 3 is 2.42 bits per heavy atom. The van der Waals surface area contributed by atoms with E-state index in [1.807, 2.05) is 42.7 Å². The summed E-state index contributed by atoms with van der Waals surface area (Å²) in [4.78, 5) is 17.2. The van der Waals surface area contributed by atoms with Crippen molar-refractivity contribution in [3.63, 3.8) is 0 Å². The number of carbonyl (C=O) groups is 1. The molecule has 2 aromatic carbocycles. The van der Waals surface area contributed by atoms with Gasteiger partial charge in [-0.1, -0.05) is 24.3 Å². The highest BCUT2D eigenvalue weighted by Crippen LogP contribution is 2.16. The van der Waals surface area contributed by atoms with Gasteiger partial charge in [-0.2, -0.15) is 5.10 Å². The van der Waals surface area contributed by atoms with E-state index in [-0.39, 0.29) is 12.6 Å². The molecule has 0 aliphatic heterocycles. The molecular weight excluding hydrogens is 322 g/mol. The highest BCUT2D eigenvalue weighted by Gasteiger charge is 2.07. The molecule has 0 unspecified atom stereocenters. The number of rotatable bonds is 6. The van der Waals surface area contributed by atoms with Crippen LogP contribution in [0.5, 0.6) is 0 Å². The van der Waals surface area contributed by atoms with Gasteiger partial charge in [-0.3, -0.25) is 0 Å². The fourth-order valence-corrected chi connectivity index (χ4v) is 2.61. The molecule has 6 heteroatoms. The van der Waals surface area contributed by atoms with E-state index in [1.54, 1.807) is 34.9 Å². The zero-order valence-electron chi connectivity index (χ0n) is 13.3. The Balaban J connectivity index is 1.56. The van der Waals surface area contributed by atoms with E-state index >= 15 is 0 Å². The average Bonchev–Trinajstić information content (AvgIpc) is 3.14. The van der Waals surface area contributed by atoms with Gasteiger partial charge in [0.05, 0.1) is 12.1 Å². The summed E-state index contributed by atoms with van der Waals surface area (Å²) in [5.74, 6) is -0.323. The number of benzene rings is 2. The summed E-state index contributed by atoms with van der Waals surface area (Å²) in [5.41, 5.74) is 2.56. The van der Waals surface area contributed by atoms with Gasteiger partial charge in [0.1, 0.15) is 19.3 Å². The van der Waals surface area contributed by atoms with Gasteiger partial charge < -0.3 is 4.74 Å². The molecule has 122 valence electrons. The Labute approximate surface area is 144 Å². The first kappa shape index (κ1) is 16.3. The zero-order valence-corrected chi connectivity index (χ0v) is 14.1. The predicted molar refractivity (Wildman–Crippen MR) is 92.9 cm³/mol. The number of aromatic nitrogens is 3. The van der Waals surface area contributed by atoms with Crippen molar-refractivity contribution in [3.05, 3.63) is 77.9 Å². The first-order chi connectivity index (χ1) is 11.7. The van der Waals surface area contributed by atoms with E-state index in [4.69, 9.17) is 4.74 Å². The average molecular weight is 339 g/mol. The minimum absolute atomic E-state index is 0.272. The van der Waals surface area contributed by atoms with Crippen molar-refractivity contribution in [1.29, 1.82) is 0 Å². The number of ether oxygens (including phenoxy) is 1. The van der Waals surface area contributed by atoms with Crippen molar-refractivity contribution in [2.45, 2.75) is 18.0 Å². The standard InChI is InChI=1S/C18H17N3O2S/c1-24-17-8-4-15(5-9-17)11-23-18(22)16-6-2-14(3-7-16)10-21-13-19-12-20-21/h2-9,12-13H,10-11H2,1H3. The van der Waals surface area contributed by atoms with Crippen molar-refractivity contribution in [2.75, 3.05) is 6.26 Å². The molecule has 0 spiro atoms. The lowest BCUT2D eigenvalue weighted by Crippen LogP contribution is -2.06. The van der Waals surface area contributed by atoms with E-state index in [2.05, 4.69) is 10.1 Å². The van der Waals surface area contributed by atoms with E-state index in [1.165, 1.54) is 11.2 Å². The smallest absolute Gasteiger partial charge is 0.338 e. The van der Waals surface area contributed by atoms with Crippen molar-refractivity contribution in [2.24, 2.45) is 0 Å². The number of hydrogen-bond acceptors (Lipinski definition) is 5. The highest BCUT2D eigenvalue weighted by atomic mass is 32.2. The molecule has 3 aromatic rings. The second kappa shape index (κ2) is 7.79. The van der Waals surface area contributed by atoms with E-state index in [0.717, 1.165) is 11.1 Å². The molecule has 5 nitrogen and oxygen atoms in total. The fourth-order valence-electron chi connectivity index (χ4n) is 2.20. The molecule has 3 rings (SSSR count). The Kier molecular flexibility index (Phi) is 5.28. The van der Waals surface area contributed by atoms with Gasteiger partial charge in [0.15, 0.2) is 0 Å². The van der Waals surface area contributed by atoms with Crippen LogP contribution >= 0.6 is 11.8 Å². The first-order valence-electron chi connectivity index (χ1n) is 7.46. The van der Waals surface area contributed by atoms with Gasteiger partial charge in [-0.15, -0.1) is 11.8 Å². The Bertz CT molecular complexity index is 784. The molecule has 0 atom stereocenters. The predicted octanol–water partition coefficient (Wildman–Crippen LogP) is 3.41. The van der Waals surface area contributed by atoms with Gasteiger partial charge in [0.25, 0.3) is 0 Å². The van der Waals surface area contributed by atoms with Crippen LogP contribution in [0.1, 0.15) is 21.5 Å². The summed E-state index contributed by atoms with van der Waals surface area (Å²) < 4.78 is 7.09. The third kappa shape index (κ3) is 4.23. The molecule has 0 bridgehead atoms. The molecule has 1 heterocycles. The number of esters is 1. The molecule has 0 aliphatic rings. The molecule has 0 saturated carbocycles. The molecular formula is C18H17N3O2S. The lowest BCUT2D eigenvalue weighted by atomic mass is 10.1. The molecule has 0 saturated heterocycles. The van der Waals surface area contributed by atoms with Gasteiger partial charge in [0.2, 0.25) is 0 Å². The van der Waals surface area contributed by atoms with Crippen molar-refractivity contribution >= 4 is 17.7 Å². The van der Waals surface area contributed by atoms with Crippen LogP contribution in [-0.2, 0) is 17.9 Å². The lowest BCUT2D eigenvalue weighted by molar-refractivity contribution is 0.0472. The minimum atomic E-state index is -0.323. The molecule has 0 N–H and O–H groups in total. The van der Waals surface area contributed by atoms with E-state index < -0.39 is 0 Å². The van der Waals surface area contributed by atoms with Crippen LogP contribution in [0.25, 0.3) is 0 Å². The van der Waals surface area contributed by atoms with Crippen LogP contribution in [0.15, 0.2) is 66.1 Å². The zero-order chi connectivity index (χ0) is 16.8. The van der Waals surface area contributed by atoms with Gasteiger partial charge in [-0.05, 0) is 41.6 Å². The fraction of sp³-hybridized carbons (Fsp3) is 0.167. The summed E-state index contributed by atoms with van der Waals surface area (Å²) in [5, 5.41) is 4.06. The summed E-state index contributed by atoms with van der Waals surface area (Å²) in [6, 6.07) is 15.3. The van der Waals surface area contributed by atoms with E-state index in [0.29, 0.717) is 12.1 Å². The number of nitrogens with zero attached hydrogens (tertiary/aromatic N) is 3. The largest absolute Gasteiger partial charge is 0.457 e. The second-order valence-corrected chi connectivity index (χ2v) is 6.09.